The van der Waals surface area contributed by atoms with E-state index in [1.54, 1.807) is 7.11 Å². The molecule has 390 valence electrons. The van der Waals surface area contributed by atoms with Crippen molar-refractivity contribution in [2.24, 2.45) is 81.8 Å². The standard InChI is InChI=1S/C21H26O2.C20H30O.C8H12O.2C8H16.2Ac/c1-4-21(22)12-10-19-18-7-5-14-13-15(23-3)6-8-16(14)17(18)9-11-20(19,21)2;1-3-14-5-9-19-18-7-4-13-12-15(21)6-8-16(13)17(18)10-11-20(14,19)2;1-3-8(9)6-4-5-7(8)2;2*1-3-8-6-4-5-7(8)2;;/h1,6,8,13,17-19,22H,5,7,9-12H2,2-3H3;12,14,16-19H,3-11H2,1-2H3;1,7,9H,4-6H2,2H3;2*7-8H,3-6H2,1-2H3;;/t17?,18?,19?,20-,21-;14-,16-,17?,18?,19?,20+;3*7-,8+;;/m00111../s1. The number of rotatable bonds is 4. The van der Waals surface area contributed by atoms with Crippen LogP contribution in [0.25, 0.3) is 0 Å². The molecule has 8 saturated carbocycles. The van der Waals surface area contributed by atoms with Crippen LogP contribution in [0.1, 0.15) is 233 Å². The van der Waals surface area contributed by atoms with E-state index in [2.05, 4.69) is 78.5 Å². The molecule has 1 aromatic rings. The predicted molar refractivity (Wildman–Crippen MR) is 288 cm³/mol. The van der Waals surface area contributed by atoms with Crippen molar-refractivity contribution in [2.75, 3.05) is 7.11 Å². The quantitative estimate of drug-likeness (QED) is 0.295. The van der Waals surface area contributed by atoms with Gasteiger partial charge in [-0.05, 0) is 214 Å². The van der Waals surface area contributed by atoms with Crippen LogP contribution in [-0.4, -0.2) is 34.3 Å². The molecule has 0 saturated heterocycles. The summed E-state index contributed by atoms with van der Waals surface area (Å²) in [6, 6.07) is 6.59. The number of aliphatic hydroxyl groups is 2. The summed E-state index contributed by atoms with van der Waals surface area (Å²) >= 11 is 0. The fraction of sp³-hybridized carbons (Fsp3) is 0.800. The Morgan fingerprint density at radius 1 is 0.648 bits per heavy atom. The first kappa shape index (κ1) is 62.2. The van der Waals surface area contributed by atoms with Gasteiger partial charge in [-0.15, -0.1) is 12.8 Å². The van der Waals surface area contributed by atoms with Gasteiger partial charge in [0.15, 0.2) is 5.78 Å². The topological polar surface area (TPSA) is 66.8 Å². The van der Waals surface area contributed by atoms with E-state index in [0.717, 1.165) is 123 Å². The summed E-state index contributed by atoms with van der Waals surface area (Å²) in [4.78, 5) is 11.7. The minimum atomic E-state index is -0.900. The van der Waals surface area contributed by atoms with E-state index in [9.17, 15) is 15.0 Å². The first-order valence-electron chi connectivity index (χ1n) is 29.3. The van der Waals surface area contributed by atoms with Crippen molar-refractivity contribution in [3.63, 3.8) is 0 Å². The first-order chi connectivity index (χ1) is 33.0. The molecule has 0 bridgehead atoms. The molecule has 0 spiro atoms. The van der Waals surface area contributed by atoms with E-state index < -0.39 is 11.2 Å². The summed E-state index contributed by atoms with van der Waals surface area (Å²) in [5, 5.41) is 20.5. The normalized spacial score (nSPS) is 42.0. The van der Waals surface area contributed by atoms with Crippen molar-refractivity contribution in [1.29, 1.82) is 0 Å². The van der Waals surface area contributed by atoms with Crippen molar-refractivity contribution >= 4 is 5.78 Å². The zero-order valence-electron chi connectivity index (χ0n) is 46.7. The van der Waals surface area contributed by atoms with Crippen molar-refractivity contribution in [3.05, 3.63) is 41.0 Å². The number of fused-ring (bicyclic) bond motifs is 10. The van der Waals surface area contributed by atoms with E-state index in [0.29, 0.717) is 34.9 Å². The van der Waals surface area contributed by atoms with E-state index in [4.69, 9.17) is 17.6 Å². The molecule has 2 radical (unpaired) electrons. The molecule has 0 amide bonds. The molecule has 10 aliphatic carbocycles. The second kappa shape index (κ2) is 27.3. The smallest absolute Gasteiger partial charge is 0.155 e. The number of benzene rings is 1. The van der Waals surface area contributed by atoms with Crippen LogP contribution >= 0.6 is 0 Å². The molecule has 0 heterocycles. The van der Waals surface area contributed by atoms with Gasteiger partial charge in [0.1, 0.15) is 17.0 Å². The average molecular weight is 1400 g/mol. The SMILES string of the molecule is C#C[C@]1(O)CCC2C3CCc4cc(OC)ccc4C3CC[C@@]21C.C#C[C@]1(O)CCC[C@H]1C.CC[C@H]1CCC2C3CCC4=CC(=O)CC[C@@H]4C3CC[C@@]21C.CC[C@H]1CCC[C@H]1C.CC[C@H]1CCC[C@H]1C.[Ac].[Ac]. The molecular formula is C65H100Ac2O4. The van der Waals surface area contributed by atoms with Crippen molar-refractivity contribution in [3.8, 4) is 30.4 Å². The van der Waals surface area contributed by atoms with Gasteiger partial charge in [0.25, 0.3) is 0 Å². The largest absolute Gasteiger partial charge is 0.497 e. The second-order valence-corrected chi connectivity index (χ2v) is 25.5. The number of hydrogen-bond donors (Lipinski definition) is 2. The van der Waals surface area contributed by atoms with Gasteiger partial charge < -0.3 is 14.9 Å². The molecule has 0 aliphatic heterocycles. The number of terminal acetylenes is 2. The molecule has 10 aliphatic rings. The maximum atomic E-state index is 11.7. The van der Waals surface area contributed by atoms with E-state index >= 15 is 0 Å². The minimum absolute atomic E-state index is 0. The maximum absolute atomic E-state index is 11.7. The summed E-state index contributed by atoms with van der Waals surface area (Å²) in [6.07, 6.45) is 45.7. The van der Waals surface area contributed by atoms with Gasteiger partial charge in [-0.25, -0.2) is 0 Å². The minimum Gasteiger partial charge on any atom is -0.497 e. The number of ether oxygens (including phenoxy) is 1. The van der Waals surface area contributed by atoms with Gasteiger partial charge in [-0.1, -0.05) is 137 Å². The number of ketones is 1. The molecule has 6 heteroatoms. The van der Waals surface area contributed by atoms with Gasteiger partial charge >= 0.3 is 0 Å². The molecule has 1 aromatic carbocycles. The van der Waals surface area contributed by atoms with Crippen LogP contribution in [0.3, 0.4) is 0 Å². The van der Waals surface area contributed by atoms with Gasteiger partial charge in [0.05, 0.1) is 7.11 Å². The predicted octanol–water partition coefficient (Wildman–Crippen LogP) is 15.9. The van der Waals surface area contributed by atoms with Crippen LogP contribution in [0.5, 0.6) is 5.75 Å². The summed E-state index contributed by atoms with van der Waals surface area (Å²) in [5.41, 5.74) is 3.36. The Morgan fingerprint density at radius 2 is 1.32 bits per heavy atom. The molecule has 4 nitrogen and oxygen atoms in total. The summed E-state index contributed by atoms with van der Waals surface area (Å²) in [6.45, 7) is 18.7. The number of carbonyl (C=O) groups excluding carboxylic acids is 1. The fourth-order valence-electron chi connectivity index (χ4n) is 17.9. The Hall–Kier alpha value is 0.353. The van der Waals surface area contributed by atoms with Gasteiger partial charge in [0, 0.05) is 100.0 Å². The molecule has 8 fully saturated rings. The summed E-state index contributed by atoms with van der Waals surface area (Å²) in [5.74, 6) is 17.5. The number of hydrogen-bond acceptors (Lipinski definition) is 4. The number of allylic oxidation sites excluding steroid dienone is 1. The van der Waals surface area contributed by atoms with Gasteiger partial charge in [-0.2, -0.15) is 0 Å². The molecular weight excluding hydrogens is 1300 g/mol. The first-order valence-corrected chi connectivity index (χ1v) is 29.3. The molecule has 17 atom stereocenters. The van der Waals surface area contributed by atoms with Gasteiger partial charge in [-0.3, -0.25) is 4.79 Å². The molecule has 2 N–H and O–H groups in total. The number of aryl methyl sites for hydroxylation is 1. The van der Waals surface area contributed by atoms with E-state index in [1.165, 1.54) is 119 Å². The Labute approximate surface area is 507 Å². The van der Waals surface area contributed by atoms with Crippen LogP contribution in [0.15, 0.2) is 29.8 Å². The van der Waals surface area contributed by atoms with Crippen LogP contribution in [0, 0.1) is 195 Å². The Morgan fingerprint density at radius 3 is 1.86 bits per heavy atom. The van der Waals surface area contributed by atoms with Crippen LogP contribution in [0.2, 0.25) is 0 Å². The summed E-state index contributed by atoms with van der Waals surface area (Å²) in [7, 11) is 1.73. The molecule has 71 heavy (non-hydrogen) atoms. The van der Waals surface area contributed by atoms with Crippen molar-refractivity contribution < 1.29 is 108 Å². The second-order valence-electron chi connectivity index (χ2n) is 25.5. The Bertz CT molecular complexity index is 1980. The molecule has 6 unspecified atom stereocenters. The number of methoxy groups -OCH3 is 1. The molecule has 0 aromatic heterocycles. The molecule has 11 rings (SSSR count). The fourth-order valence-corrected chi connectivity index (χ4v) is 17.9. The maximum Gasteiger partial charge on any atom is 0.155 e. The third-order valence-corrected chi connectivity index (χ3v) is 22.7. The number of carbonyl (C=O) groups is 1. The third-order valence-electron chi connectivity index (χ3n) is 22.7. The monoisotopic (exact) mass is 1400 g/mol. The van der Waals surface area contributed by atoms with Crippen molar-refractivity contribution in [1.82, 2.24) is 0 Å². The zero-order chi connectivity index (χ0) is 49.7. The van der Waals surface area contributed by atoms with Crippen LogP contribution in [-0.2, 0) is 11.2 Å². The van der Waals surface area contributed by atoms with Crippen LogP contribution < -0.4 is 4.74 Å². The van der Waals surface area contributed by atoms with E-state index in [-0.39, 0.29) is 93.5 Å². The average Bonchev–Trinajstić information content (AvgIpc) is 4.20. The van der Waals surface area contributed by atoms with Crippen LogP contribution in [0.4, 0.5) is 0 Å². The zero-order valence-corrected chi connectivity index (χ0v) is 56.2. The third kappa shape index (κ3) is 13.3. The summed E-state index contributed by atoms with van der Waals surface area (Å²) < 4.78 is 5.39. The van der Waals surface area contributed by atoms with Crippen molar-refractivity contribution in [2.45, 2.75) is 239 Å². The van der Waals surface area contributed by atoms with E-state index in [1.807, 2.05) is 13.0 Å². The Kier molecular flexibility index (Phi) is 23.9. The Balaban J connectivity index is 0.000000178. The van der Waals surface area contributed by atoms with Gasteiger partial charge in [0.2, 0.25) is 0 Å².